The molecule has 0 spiro atoms. The van der Waals surface area contributed by atoms with Gasteiger partial charge >= 0.3 is 0 Å². The normalized spacial score (nSPS) is 40.4. The van der Waals surface area contributed by atoms with Crippen LogP contribution in [-0.4, -0.2) is 81.3 Å². The zero-order chi connectivity index (χ0) is 20.4. The highest BCUT2D eigenvalue weighted by Crippen LogP contribution is 2.35. The fourth-order valence-corrected chi connectivity index (χ4v) is 5.02. The van der Waals surface area contributed by atoms with Crippen LogP contribution in [0.3, 0.4) is 0 Å². The number of carbonyl (C=O) groups is 1. The molecule has 9 unspecified atom stereocenters. The maximum absolute atomic E-state index is 12.8. The van der Waals surface area contributed by atoms with Gasteiger partial charge in [-0.2, -0.15) is 0 Å². The van der Waals surface area contributed by atoms with Crippen molar-refractivity contribution in [3.05, 3.63) is 0 Å². The van der Waals surface area contributed by atoms with Crippen LogP contribution in [-0.2, 0) is 9.53 Å². The van der Waals surface area contributed by atoms with Gasteiger partial charge in [0.05, 0.1) is 17.5 Å². The maximum atomic E-state index is 12.8. The minimum absolute atomic E-state index is 0.155. The van der Waals surface area contributed by atoms with Crippen molar-refractivity contribution in [2.24, 2.45) is 11.8 Å². The molecule has 0 bridgehead atoms. The molecule has 1 aliphatic carbocycles. The van der Waals surface area contributed by atoms with E-state index in [0.29, 0.717) is 5.92 Å². The first-order valence-corrected chi connectivity index (χ1v) is 12.0. The fraction of sp³-hybridized carbons (Fsp3) is 0.947. The third-order valence-electron chi connectivity index (χ3n) is 6.23. The summed E-state index contributed by atoms with van der Waals surface area (Å²) in [5.41, 5.74) is -0.699. The molecule has 7 nitrogen and oxygen atoms in total. The van der Waals surface area contributed by atoms with Gasteiger partial charge in [-0.25, -0.2) is 0 Å². The summed E-state index contributed by atoms with van der Waals surface area (Å²) in [6.45, 7) is 2.56. The summed E-state index contributed by atoms with van der Waals surface area (Å²) in [5.74, 6) is 1.06. The molecule has 3 fully saturated rings. The molecule has 3 rings (SSSR count). The van der Waals surface area contributed by atoms with Crippen LogP contribution in [0.4, 0.5) is 0 Å². The standard InChI is InChI=1S/C19H33ClN2O5S/c1-9(20)12(17-15(24)14(23)16(25)19(27-17)28-2)22-18(26)13-11(8-21-13)5-3-4-10-6-7-10/h9-17,19,21,23-25H,3-8H2,1-2H3,(H,22,26). The van der Waals surface area contributed by atoms with E-state index in [1.165, 1.54) is 31.0 Å². The number of rotatable bonds is 9. The zero-order valence-corrected chi connectivity index (χ0v) is 18.0. The van der Waals surface area contributed by atoms with Crippen molar-refractivity contribution in [2.45, 2.75) is 86.3 Å². The number of alkyl halides is 1. The Bertz CT molecular complexity index is 536. The number of aliphatic hydroxyl groups excluding tert-OH is 3. The summed E-state index contributed by atoms with van der Waals surface area (Å²) in [6.07, 6.45) is 3.09. The zero-order valence-electron chi connectivity index (χ0n) is 16.5. The predicted molar refractivity (Wildman–Crippen MR) is 109 cm³/mol. The first-order chi connectivity index (χ1) is 13.3. The number of hydrogen-bond acceptors (Lipinski definition) is 7. The molecule has 162 valence electrons. The monoisotopic (exact) mass is 436 g/mol. The van der Waals surface area contributed by atoms with Crippen molar-refractivity contribution >= 4 is 29.3 Å². The van der Waals surface area contributed by atoms with E-state index in [2.05, 4.69) is 10.6 Å². The van der Waals surface area contributed by atoms with Gasteiger partial charge in [-0.05, 0) is 31.4 Å². The van der Waals surface area contributed by atoms with E-state index in [4.69, 9.17) is 16.3 Å². The smallest absolute Gasteiger partial charge is 0.237 e. The van der Waals surface area contributed by atoms with E-state index in [1.54, 1.807) is 13.2 Å². The first-order valence-electron chi connectivity index (χ1n) is 10.2. The molecule has 28 heavy (non-hydrogen) atoms. The number of halogens is 1. The van der Waals surface area contributed by atoms with Crippen LogP contribution in [0.5, 0.6) is 0 Å². The molecule has 0 aromatic carbocycles. The molecule has 3 aliphatic rings. The molecule has 9 atom stereocenters. The number of ether oxygens (including phenoxy) is 1. The van der Waals surface area contributed by atoms with E-state index in [9.17, 15) is 20.1 Å². The van der Waals surface area contributed by atoms with Gasteiger partial charge in [0.2, 0.25) is 5.91 Å². The second kappa shape index (κ2) is 9.81. The molecule has 9 heteroatoms. The van der Waals surface area contributed by atoms with E-state index in [-0.39, 0.29) is 11.9 Å². The average Bonchev–Trinajstić information content (AvgIpc) is 3.45. The molecular weight excluding hydrogens is 404 g/mol. The highest BCUT2D eigenvalue weighted by Gasteiger charge is 2.48. The third kappa shape index (κ3) is 5.14. The van der Waals surface area contributed by atoms with Crippen molar-refractivity contribution < 1.29 is 24.9 Å². The lowest BCUT2D eigenvalue weighted by atomic mass is 9.85. The van der Waals surface area contributed by atoms with Gasteiger partial charge in [-0.15, -0.1) is 23.4 Å². The first kappa shape index (κ1) is 22.6. The van der Waals surface area contributed by atoms with Crippen molar-refractivity contribution in [3.63, 3.8) is 0 Å². The number of thioether (sulfide) groups is 1. The van der Waals surface area contributed by atoms with E-state index in [1.807, 2.05) is 0 Å². The highest BCUT2D eigenvalue weighted by atomic mass is 35.5. The van der Waals surface area contributed by atoms with Gasteiger partial charge in [0, 0.05) is 6.54 Å². The van der Waals surface area contributed by atoms with Gasteiger partial charge in [0.15, 0.2) is 0 Å². The molecule has 5 N–H and O–H groups in total. The summed E-state index contributed by atoms with van der Waals surface area (Å²) in [7, 11) is 0. The number of aliphatic hydroxyl groups is 3. The Hall–Kier alpha value is -0.0900. The van der Waals surface area contributed by atoms with Crippen molar-refractivity contribution in [1.29, 1.82) is 0 Å². The van der Waals surface area contributed by atoms with E-state index < -0.39 is 41.3 Å². The van der Waals surface area contributed by atoms with Crippen LogP contribution in [0.15, 0.2) is 0 Å². The predicted octanol–water partition coefficient (Wildman–Crippen LogP) is 0.437. The van der Waals surface area contributed by atoms with Crippen LogP contribution in [0.2, 0.25) is 0 Å². The van der Waals surface area contributed by atoms with Gasteiger partial charge < -0.3 is 30.7 Å². The second-order valence-electron chi connectivity index (χ2n) is 8.41. The van der Waals surface area contributed by atoms with Crippen molar-refractivity contribution in [3.8, 4) is 0 Å². The van der Waals surface area contributed by atoms with Crippen LogP contribution < -0.4 is 10.6 Å². The summed E-state index contributed by atoms with van der Waals surface area (Å²) >= 11 is 7.55. The lowest BCUT2D eigenvalue weighted by Gasteiger charge is -2.45. The average molecular weight is 437 g/mol. The lowest BCUT2D eigenvalue weighted by molar-refractivity contribution is -0.205. The Morgan fingerprint density at radius 2 is 1.96 bits per heavy atom. The minimum atomic E-state index is -1.36. The molecule has 2 aliphatic heterocycles. The molecule has 1 amide bonds. The van der Waals surface area contributed by atoms with Gasteiger partial charge in [0.25, 0.3) is 0 Å². The largest absolute Gasteiger partial charge is 0.388 e. The Morgan fingerprint density at radius 3 is 2.50 bits per heavy atom. The molecule has 0 aromatic rings. The van der Waals surface area contributed by atoms with Crippen LogP contribution in [0, 0.1) is 11.8 Å². The molecule has 1 saturated carbocycles. The van der Waals surface area contributed by atoms with Gasteiger partial charge in [-0.1, -0.05) is 25.7 Å². The number of carbonyl (C=O) groups excluding carboxylic acids is 1. The maximum Gasteiger partial charge on any atom is 0.237 e. The lowest BCUT2D eigenvalue weighted by Crippen LogP contribution is -2.67. The second-order valence-corrected chi connectivity index (χ2v) is 10.0. The fourth-order valence-electron chi connectivity index (χ4n) is 4.13. The van der Waals surface area contributed by atoms with Crippen LogP contribution >= 0.6 is 23.4 Å². The summed E-state index contributed by atoms with van der Waals surface area (Å²) < 4.78 is 5.79. The number of hydrogen-bond donors (Lipinski definition) is 5. The molecule has 0 aromatic heterocycles. The third-order valence-corrected chi connectivity index (χ3v) is 7.36. The highest BCUT2D eigenvalue weighted by molar-refractivity contribution is 7.99. The molecule has 2 saturated heterocycles. The molecular formula is C19H33ClN2O5S. The van der Waals surface area contributed by atoms with Gasteiger partial charge in [0.1, 0.15) is 29.9 Å². The summed E-state index contributed by atoms with van der Waals surface area (Å²) in [6, 6.07) is -0.944. The van der Waals surface area contributed by atoms with Crippen molar-refractivity contribution in [1.82, 2.24) is 10.6 Å². The Kier molecular flexibility index (Phi) is 7.92. The summed E-state index contributed by atoms with van der Waals surface area (Å²) in [5, 5.41) is 36.2. The Labute approximate surface area is 175 Å². The quantitative estimate of drug-likeness (QED) is 0.333. The van der Waals surface area contributed by atoms with E-state index in [0.717, 1.165) is 25.3 Å². The molecule has 0 radical (unpaired) electrons. The Balaban J connectivity index is 1.58. The van der Waals surface area contributed by atoms with Gasteiger partial charge in [-0.3, -0.25) is 4.79 Å². The number of amides is 1. The Morgan fingerprint density at radius 1 is 1.25 bits per heavy atom. The van der Waals surface area contributed by atoms with Crippen molar-refractivity contribution in [2.75, 3.05) is 12.8 Å². The van der Waals surface area contributed by atoms with Crippen LogP contribution in [0.1, 0.15) is 39.0 Å². The van der Waals surface area contributed by atoms with Crippen LogP contribution in [0.25, 0.3) is 0 Å². The minimum Gasteiger partial charge on any atom is -0.388 e. The SMILES string of the molecule is CSC1OC(C(NC(=O)C2NCC2CCCC2CC2)C(C)Cl)C(O)C(O)C1O. The molecule has 2 heterocycles. The topological polar surface area (TPSA) is 111 Å². The summed E-state index contributed by atoms with van der Waals surface area (Å²) in [4.78, 5) is 12.8. The number of nitrogens with one attached hydrogen (secondary N) is 2. The van der Waals surface area contributed by atoms with E-state index >= 15 is 0 Å².